The average molecular weight is 319 g/mol. The van der Waals surface area contributed by atoms with Crippen molar-refractivity contribution in [3.05, 3.63) is 35.4 Å². The Balaban J connectivity index is 2.59. The minimum Gasteiger partial charge on any atom is -0.356 e. The monoisotopic (exact) mass is 318 g/mol. The highest BCUT2D eigenvalue weighted by Gasteiger charge is 2.19. The molecule has 0 bridgehead atoms. The summed E-state index contributed by atoms with van der Waals surface area (Å²) in [6.07, 6.45) is 1.56. The molecule has 0 heterocycles. The normalized spacial score (nSPS) is 12.9. The molecule has 3 heteroatoms. The zero-order valence-electron chi connectivity index (χ0n) is 15.7. The Hall–Kier alpha value is -1.35. The van der Waals surface area contributed by atoms with Crippen molar-refractivity contribution in [3.8, 4) is 0 Å². The molecule has 0 radical (unpaired) electrons. The zero-order chi connectivity index (χ0) is 17.4. The highest BCUT2D eigenvalue weighted by atomic mass is 16.1. The van der Waals surface area contributed by atoms with Gasteiger partial charge in [0.15, 0.2) is 0 Å². The maximum Gasteiger partial charge on any atom is 0.220 e. The van der Waals surface area contributed by atoms with E-state index in [1.807, 2.05) is 0 Å². The van der Waals surface area contributed by atoms with Crippen molar-refractivity contribution < 1.29 is 4.79 Å². The van der Waals surface area contributed by atoms with Gasteiger partial charge < -0.3 is 10.2 Å². The van der Waals surface area contributed by atoms with Crippen LogP contribution in [0.1, 0.15) is 63.5 Å². The van der Waals surface area contributed by atoms with Crippen LogP contribution >= 0.6 is 0 Å². The van der Waals surface area contributed by atoms with E-state index in [4.69, 9.17) is 0 Å². The molecule has 0 aliphatic heterocycles. The molecule has 23 heavy (non-hydrogen) atoms. The van der Waals surface area contributed by atoms with Crippen molar-refractivity contribution in [1.82, 2.24) is 10.2 Å². The minimum atomic E-state index is 0.162. The molecule has 1 rings (SSSR count). The number of amides is 1. The quantitative estimate of drug-likeness (QED) is 0.698. The van der Waals surface area contributed by atoms with Crippen LogP contribution in [0, 0.1) is 5.92 Å². The van der Waals surface area contributed by atoms with E-state index >= 15 is 0 Å². The van der Waals surface area contributed by atoms with Gasteiger partial charge in [-0.2, -0.15) is 0 Å². The van der Waals surface area contributed by atoms with E-state index in [0.29, 0.717) is 18.3 Å². The Morgan fingerprint density at radius 2 is 1.61 bits per heavy atom. The van der Waals surface area contributed by atoms with Gasteiger partial charge in [0.1, 0.15) is 0 Å². The number of nitrogens with one attached hydrogen (secondary N) is 1. The number of hydrogen-bond donors (Lipinski definition) is 1. The summed E-state index contributed by atoms with van der Waals surface area (Å²) in [7, 11) is 4.11. The van der Waals surface area contributed by atoms with Crippen molar-refractivity contribution >= 4 is 5.91 Å². The minimum absolute atomic E-state index is 0.162. The summed E-state index contributed by atoms with van der Waals surface area (Å²) < 4.78 is 0. The van der Waals surface area contributed by atoms with Gasteiger partial charge in [0.25, 0.3) is 0 Å². The number of carbonyl (C=O) groups excluding carboxylic acids is 1. The molecule has 0 aromatic heterocycles. The maximum atomic E-state index is 12.2. The average Bonchev–Trinajstić information content (AvgIpc) is 2.49. The fourth-order valence-corrected chi connectivity index (χ4v) is 2.76. The molecule has 3 nitrogen and oxygen atoms in total. The summed E-state index contributed by atoms with van der Waals surface area (Å²) in [5.41, 5.74) is 2.62. The van der Waals surface area contributed by atoms with Crippen LogP contribution in [-0.4, -0.2) is 38.0 Å². The first-order valence-corrected chi connectivity index (χ1v) is 8.82. The third-order valence-electron chi connectivity index (χ3n) is 4.35. The first-order valence-electron chi connectivity index (χ1n) is 8.82. The Morgan fingerprint density at radius 1 is 1.04 bits per heavy atom. The third kappa shape index (κ3) is 7.17. The lowest BCUT2D eigenvalue weighted by molar-refractivity contribution is -0.121. The third-order valence-corrected chi connectivity index (χ3v) is 4.35. The predicted octanol–water partition coefficient (Wildman–Crippen LogP) is 4.01. The van der Waals surface area contributed by atoms with Crippen molar-refractivity contribution in [2.75, 3.05) is 27.2 Å². The van der Waals surface area contributed by atoms with Gasteiger partial charge in [0, 0.05) is 13.0 Å². The molecular weight excluding hydrogens is 284 g/mol. The smallest absolute Gasteiger partial charge is 0.220 e. The second-order valence-electron chi connectivity index (χ2n) is 7.38. The van der Waals surface area contributed by atoms with Crippen LogP contribution in [0.4, 0.5) is 0 Å². The molecule has 1 aromatic carbocycles. The first-order chi connectivity index (χ1) is 10.8. The molecule has 0 aliphatic rings. The SMILES string of the molecule is CC(C)c1ccc(C(CC(=O)NCCCN(C)C)C(C)C)cc1. The van der Waals surface area contributed by atoms with Crippen molar-refractivity contribution in [1.29, 1.82) is 0 Å². The number of nitrogens with zero attached hydrogens (tertiary/aromatic N) is 1. The van der Waals surface area contributed by atoms with Crippen molar-refractivity contribution in [3.63, 3.8) is 0 Å². The molecule has 1 atom stereocenters. The molecule has 130 valence electrons. The molecule has 0 spiro atoms. The highest BCUT2D eigenvalue weighted by Crippen LogP contribution is 2.29. The maximum absolute atomic E-state index is 12.2. The first kappa shape index (κ1) is 19.7. The van der Waals surface area contributed by atoms with Crippen LogP contribution in [0.5, 0.6) is 0 Å². The van der Waals surface area contributed by atoms with Gasteiger partial charge in [-0.3, -0.25) is 4.79 Å². The Morgan fingerprint density at radius 3 is 2.09 bits per heavy atom. The fraction of sp³-hybridized carbons (Fsp3) is 0.650. The summed E-state index contributed by atoms with van der Waals surface area (Å²) >= 11 is 0. The fourth-order valence-electron chi connectivity index (χ4n) is 2.76. The van der Waals surface area contributed by atoms with E-state index < -0.39 is 0 Å². The number of rotatable bonds is 9. The second kappa shape index (κ2) is 9.71. The van der Waals surface area contributed by atoms with E-state index in [0.717, 1.165) is 19.5 Å². The standard InChI is InChI=1S/C20H34N2O/c1-15(2)17-8-10-18(11-9-17)19(16(3)4)14-20(23)21-12-7-13-22(5)6/h8-11,15-16,19H,7,12-14H2,1-6H3,(H,21,23). The van der Waals surface area contributed by atoms with Crippen LogP contribution in [0.15, 0.2) is 24.3 Å². The lowest BCUT2D eigenvalue weighted by Gasteiger charge is -2.22. The van der Waals surface area contributed by atoms with Crippen LogP contribution in [0.3, 0.4) is 0 Å². The van der Waals surface area contributed by atoms with Crippen LogP contribution in [0.2, 0.25) is 0 Å². The molecule has 1 amide bonds. The summed E-state index contributed by atoms with van der Waals surface area (Å²) in [5.74, 6) is 1.44. The van der Waals surface area contributed by atoms with Gasteiger partial charge in [-0.05, 0) is 55.9 Å². The zero-order valence-corrected chi connectivity index (χ0v) is 15.7. The second-order valence-corrected chi connectivity index (χ2v) is 7.38. The predicted molar refractivity (Wildman–Crippen MR) is 98.9 cm³/mol. The van der Waals surface area contributed by atoms with Crippen LogP contribution in [0.25, 0.3) is 0 Å². The van der Waals surface area contributed by atoms with E-state index in [1.54, 1.807) is 0 Å². The lowest BCUT2D eigenvalue weighted by atomic mass is 9.84. The molecule has 0 saturated carbocycles. The van der Waals surface area contributed by atoms with Gasteiger partial charge in [0.05, 0.1) is 0 Å². The van der Waals surface area contributed by atoms with E-state index in [1.165, 1.54) is 11.1 Å². The molecule has 0 aliphatic carbocycles. The molecule has 1 N–H and O–H groups in total. The molecule has 0 fully saturated rings. The number of hydrogen-bond acceptors (Lipinski definition) is 2. The highest BCUT2D eigenvalue weighted by molar-refractivity contribution is 5.76. The molecule has 1 unspecified atom stereocenters. The van der Waals surface area contributed by atoms with E-state index in [2.05, 4.69) is 76.3 Å². The molecule has 0 saturated heterocycles. The van der Waals surface area contributed by atoms with Gasteiger partial charge in [-0.25, -0.2) is 0 Å². The van der Waals surface area contributed by atoms with Gasteiger partial charge >= 0.3 is 0 Å². The lowest BCUT2D eigenvalue weighted by Crippen LogP contribution is -2.29. The summed E-state index contributed by atoms with van der Waals surface area (Å²) in [5, 5.41) is 3.06. The summed E-state index contributed by atoms with van der Waals surface area (Å²) in [4.78, 5) is 14.4. The Kier molecular flexibility index (Phi) is 8.32. The Labute approximate surface area is 142 Å². The summed E-state index contributed by atoms with van der Waals surface area (Å²) in [6.45, 7) is 10.6. The van der Waals surface area contributed by atoms with Crippen LogP contribution in [-0.2, 0) is 4.79 Å². The molecular formula is C20H34N2O. The molecule has 1 aromatic rings. The number of benzene rings is 1. The van der Waals surface area contributed by atoms with E-state index in [-0.39, 0.29) is 11.8 Å². The largest absolute Gasteiger partial charge is 0.356 e. The van der Waals surface area contributed by atoms with Crippen molar-refractivity contribution in [2.24, 2.45) is 5.92 Å². The van der Waals surface area contributed by atoms with Crippen molar-refractivity contribution in [2.45, 2.75) is 52.4 Å². The van der Waals surface area contributed by atoms with Gasteiger partial charge in [-0.15, -0.1) is 0 Å². The van der Waals surface area contributed by atoms with Gasteiger partial charge in [-0.1, -0.05) is 52.0 Å². The van der Waals surface area contributed by atoms with E-state index in [9.17, 15) is 4.79 Å². The topological polar surface area (TPSA) is 32.3 Å². The Bertz CT molecular complexity index is 463. The van der Waals surface area contributed by atoms with Crippen LogP contribution < -0.4 is 5.32 Å². The number of carbonyl (C=O) groups is 1. The van der Waals surface area contributed by atoms with Gasteiger partial charge in [0.2, 0.25) is 5.91 Å². The summed E-state index contributed by atoms with van der Waals surface area (Å²) in [6, 6.07) is 8.79.